The van der Waals surface area contributed by atoms with Crippen LogP contribution in [0.5, 0.6) is 0 Å². The van der Waals surface area contributed by atoms with Crippen molar-refractivity contribution in [2.45, 2.75) is 20.0 Å². The van der Waals surface area contributed by atoms with Crippen molar-refractivity contribution in [2.24, 2.45) is 0 Å². The number of hydrogen-bond donors (Lipinski definition) is 2. The first-order chi connectivity index (χ1) is 7.65. The van der Waals surface area contributed by atoms with Crippen LogP contribution in [0.25, 0.3) is 11.0 Å². The second-order valence-electron chi connectivity index (χ2n) is 3.57. The molecule has 0 aliphatic rings. The molecule has 0 unspecified atom stereocenters. The summed E-state index contributed by atoms with van der Waals surface area (Å²) in [6.07, 6.45) is 0. The van der Waals surface area contributed by atoms with Crippen molar-refractivity contribution in [3.63, 3.8) is 0 Å². The van der Waals surface area contributed by atoms with Crippen LogP contribution in [0.4, 0.5) is 5.95 Å². The van der Waals surface area contributed by atoms with Crippen LogP contribution in [0.1, 0.15) is 6.92 Å². The van der Waals surface area contributed by atoms with Gasteiger partial charge in [0.1, 0.15) is 11.0 Å². The summed E-state index contributed by atoms with van der Waals surface area (Å²) in [7, 11) is 0. The van der Waals surface area contributed by atoms with Crippen LogP contribution in [-0.2, 0) is 17.9 Å². The first-order valence-corrected chi connectivity index (χ1v) is 5.13. The predicted molar refractivity (Wildman–Crippen MR) is 59.9 cm³/mol. The number of carboxylic acid groups (broad SMARTS) is 1. The maximum absolute atomic E-state index is 10.8. The Morgan fingerprint density at radius 2 is 2.19 bits per heavy atom. The number of imidazole rings is 1. The Hall–Kier alpha value is -2.04. The normalized spacial score (nSPS) is 10.8. The molecular weight excluding hydrogens is 206 g/mol. The Kier molecular flexibility index (Phi) is 2.52. The van der Waals surface area contributed by atoms with E-state index in [0.29, 0.717) is 5.95 Å². The van der Waals surface area contributed by atoms with Gasteiger partial charge in [0.25, 0.3) is 0 Å². The third-order valence-electron chi connectivity index (χ3n) is 2.63. The highest BCUT2D eigenvalue weighted by Crippen LogP contribution is 2.15. The molecule has 0 saturated carbocycles. The Balaban J connectivity index is 2.71. The summed E-state index contributed by atoms with van der Waals surface area (Å²) >= 11 is 0. The minimum Gasteiger partial charge on any atom is -0.479 e. The average Bonchev–Trinajstić information content (AvgIpc) is 2.52. The average molecular weight is 220 g/mol. The molecule has 0 amide bonds. The zero-order valence-electron chi connectivity index (χ0n) is 9.05. The number of aryl methyl sites for hydroxylation is 1. The van der Waals surface area contributed by atoms with Gasteiger partial charge in [-0.2, -0.15) is 0 Å². The molecule has 1 heterocycles. The van der Waals surface area contributed by atoms with E-state index in [1.54, 1.807) is 4.57 Å². The Labute approximate surface area is 92.7 Å². The third kappa shape index (κ3) is 1.50. The molecule has 0 aliphatic heterocycles. The molecule has 0 saturated heterocycles. The van der Waals surface area contributed by atoms with Crippen LogP contribution in [0.2, 0.25) is 0 Å². The van der Waals surface area contributed by atoms with Gasteiger partial charge in [-0.05, 0) is 19.1 Å². The number of para-hydroxylation sites is 2. The van der Waals surface area contributed by atoms with Crippen LogP contribution in [0, 0.1) is 0 Å². The number of carboxylic acids is 1. The lowest BCUT2D eigenvalue weighted by molar-refractivity contribution is -0.645. The number of aliphatic carboxylic acids is 1. The monoisotopic (exact) mass is 220 g/mol. The number of hydrogen-bond acceptors (Lipinski definition) is 2. The summed E-state index contributed by atoms with van der Waals surface area (Å²) in [6.45, 7) is 2.59. The fourth-order valence-electron chi connectivity index (χ4n) is 1.95. The lowest BCUT2D eigenvalue weighted by atomic mass is 10.3. The number of rotatable bonds is 3. The van der Waals surface area contributed by atoms with Crippen LogP contribution in [0.15, 0.2) is 24.3 Å². The molecule has 0 fully saturated rings. The van der Waals surface area contributed by atoms with Crippen molar-refractivity contribution < 1.29 is 14.5 Å². The molecule has 5 heteroatoms. The van der Waals surface area contributed by atoms with Crippen molar-refractivity contribution in [2.75, 3.05) is 5.73 Å². The number of carbonyl (C=O) groups is 1. The molecule has 0 spiro atoms. The van der Waals surface area contributed by atoms with Gasteiger partial charge in [-0.1, -0.05) is 12.1 Å². The Bertz CT molecular complexity index is 545. The predicted octanol–water partition coefficient (Wildman–Crippen LogP) is 0.616. The van der Waals surface area contributed by atoms with Gasteiger partial charge in [0, 0.05) is 0 Å². The Morgan fingerprint density at radius 3 is 2.81 bits per heavy atom. The van der Waals surface area contributed by atoms with Gasteiger partial charge in [-0.3, -0.25) is 5.73 Å². The summed E-state index contributed by atoms with van der Waals surface area (Å²) in [4.78, 5) is 10.8. The first kappa shape index (κ1) is 10.5. The number of benzene rings is 1. The topological polar surface area (TPSA) is 72.1 Å². The van der Waals surface area contributed by atoms with Crippen LogP contribution in [0.3, 0.4) is 0 Å². The van der Waals surface area contributed by atoms with Crippen molar-refractivity contribution in [1.29, 1.82) is 0 Å². The molecule has 84 valence electrons. The fourth-order valence-corrected chi connectivity index (χ4v) is 1.95. The van der Waals surface area contributed by atoms with E-state index >= 15 is 0 Å². The minimum atomic E-state index is -0.893. The van der Waals surface area contributed by atoms with E-state index in [0.717, 1.165) is 17.6 Å². The lowest BCUT2D eigenvalue weighted by Crippen LogP contribution is -2.40. The summed E-state index contributed by atoms with van der Waals surface area (Å²) < 4.78 is 3.51. The molecule has 0 aliphatic carbocycles. The van der Waals surface area contributed by atoms with Crippen LogP contribution < -0.4 is 10.3 Å². The van der Waals surface area contributed by atoms with E-state index in [1.165, 1.54) is 0 Å². The van der Waals surface area contributed by atoms with E-state index in [4.69, 9.17) is 10.8 Å². The standard InChI is InChI=1S/C11H13N3O2/c1-2-13-8-5-3-4-6-9(8)14(11(13)12)7-10(15)16/h3-6,12H,2,7H2,1H3,(H,15,16)/p+1. The van der Waals surface area contributed by atoms with Gasteiger partial charge < -0.3 is 5.11 Å². The van der Waals surface area contributed by atoms with Crippen LogP contribution in [-0.4, -0.2) is 15.6 Å². The number of aromatic nitrogens is 2. The molecule has 2 rings (SSSR count). The van der Waals surface area contributed by atoms with Gasteiger partial charge >= 0.3 is 11.9 Å². The molecule has 1 aromatic carbocycles. The number of fused-ring (bicyclic) bond motifs is 1. The second-order valence-corrected chi connectivity index (χ2v) is 3.57. The molecule has 1 aromatic heterocycles. The second kappa shape index (κ2) is 3.84. The largest absolute Gasteiger partial charge is 0.479 e. The van der Waals surface area contributed by atoms with Crippen molar-refractivity contribution >= 4 is 23.0 Å². The lowest BCUT2D eigenvalue weighted by Gasteiger charge is -1.96. The van der Waals surface area contributed by atoms with E-state index < -0.39 is 5.97 Å². The van der Waals surface area contributed by atoms with Crippen LogP contribution >= 0.6 is 0 Å². The number of nitrogen functional groups attached to an aromatic ring is 1. The van der Waals surface area contributed by atoms with Gasteiger partial charge in [-0.25, -0.2) is 13.9 Å². The zero-order valence-corrected chi connectivity index (χ0v) is 9.05. The molecule has 5 nitrogen and oxygen atoms in total. The molecule has 0 radical (unpaired) electrons. The highest BCUT2D eigenvalue weighted by atomic mass is 16.4. The van der Waals surface area contributed by atoms with Gasteiger partial charge in [-0.15, -0.1) is 0 Å². The molecule has 0 atom stereocenters. The maximum atomic E-state index is 10.8. The number of anilines is 1. The first-order valence-electron chi connectivity index (χ1n) is 5.13. The summed E-state index contributed by atoms with van der Waals surface area (Å²) in [5.41, 5.74) is 7.75. The Morgan fingerprint density at radius 1 is 1.50 bits per heavy atom. The highest BCUT2D eigenvalue weighted by molar-refractivity contribution is 5.75. The molecule has 0 bridgehead atoms. The van der Waals surface area contributed by atoms with Gasteiger partial charge in [0.15, 0.2) is 6.54 Å². The fraction of sp³-hybridized carbons (Fsp3) is 0.273. The molecule has 3 N–H and O–H groups in total. The molecule has 16 heavy (non-hydrogen) atoms. The third-order valence-corrected chi connectivity index (χ3v) is 2.63. The van der Waals surface area contributed by atoms with Crippen molar-refractivity contribution in [1.82, 2.24) is 4.57 Å². The number of nitrogens with two attached hydrogens (primary N) is 1. The highest BCUT2D eigenvalue weighted by Gasteiger charge is 2.20. The minimum absolute atomic E-state index is 0.112. The summed E-state index contributed by atoms with van der Waals surface area (Å²) in [5, 5.41) is 8.85. The van der Waals surface area contributed by atoms with E-state index in [9.17, 15) is 4.79 Å². The zero-order chi connectivity index (χ0) is 11.7. The smallest absolute Gasteiger partial charge is 0.356 e. The van der Waals surface area contributed by atoms with Gasteiger partial charge in [0.2, 0.25) is 0 Å². The van der Waals surface area contributed by atoms with E-state index in [2.05, 4.69) is 0 Å². The quantitative estimate of drug-likeness (QED) is 0.745. The SMILES string of the molecule is CCn1c(N)[n+](CC(=O)O)c2ccccc21. The van der Waals surface area contributed by atoms with Crippen molar-refractivity contribution in [3.05, 3.63) is 24.3 Å². The summed E-state index contributed by atoms with van der Waals surface area (Å²) in [6, 6.07) is 7.60. The van der Waals surface area contributed by atoms with E-state index in [-0.39, 0.29) is 6.54 Å². The molecular formula is C11H14N3O2+. The van der Waals surface area contributed by atoms with Gasteiger partial charge in [0.05, 0.1) is 6.54 Å². The van der Waals surface area contributed by atoms with Crippen molar-refractivity contribution in [3.8, 4) is 0 Å². The van der Waals surface area contributed by atoms with E-state index in [1.807, 2.05) is 35.8 Å². The summed E-state index contributed by atoms with van der Waals surface area (Å²) in [5.74, 6) is -0.415. The number of nitrogens with zero attached hydrogens (tertiary/aromatic N) is 2. The molecule has 2 aromatic rings. The maximum Gasteiger partial charge on any atom is 0.356 e.